The number of nitrogens with zero attached hydrogens (tertiary/aromatic N) is 3. The highest BCUT2D eigenvalue weighted by Gasteiger charge is 2.29. The van der Waals surface area contributed by atoms with Gasteiger partial charge in [0.2, 0.25) is 0 Å². The molecule has 1 aliphatic rings. The smallest absolute Gasteiger partial charge is 0.191 e. The molecule has 1 aliphatic carbocycles. The molecule has 1 fully saturated rings. The molecule has 0 amide bonds. The molecule has 0 bridgehead atoms. The number of para-hydroxylation sites is 1. The largest absolute Gasteiger partial charge is 0.484 e. The van der Waals surface area contributed by atoms with Gasteiger partial charge in [0.15, 0.2) is 11.0 Å². The van der Waals surface area contributed by atoms with Gasteiger partial charge in [-0.05, 0) is 37.5 Å². The Labute approximate surface area is 162 Å². The van der Waals surface area contributed by atoms with Crippen LogP contribution in [0.2, 0.25) is 5.02 Å². The number of halogens is 1. The van der Waals surface area contributed by atoms with E-state index in [1.54, 1.807) is 11.8 Å². The van der Waals surface area contributed by atoms with Crippen LogP contribution in [0.5, 0.6) is 5.75 Å². The van der Waals surface area contributed by atoms with Gasteiger partial charge in [-0.25, -0.2) is 0 Å². The molecule has 4 nitrogen and oxygen atoms in total. The number of aryl methyl sites for hydroxylation is 1. The quantitative estimate of drug-likeness (QED) is 0.507. The van der Waals surface area contributed by atoms with Crippen LogP contribution in [0, 0.1) is 6.92 Å². The third-order valence-electron chi connectivity index (χ3n) is 4.29. The number of aromatic nitrogens is 3. The van der Waals surface area contributed by atoms with Crippen LogP contribution >= 0.6 is 23.4 Å². The molecule has 1 heterocycles. The maximum Gasteiger partial charge on any atom is 0.191 e. The molecule has 0 spiro atoms. The van der Waals surface area contributed by atoms with Crippen LogP contribution < -0.4 is 4.74 Å². The highest BCUT2D eigenvalue weighted by Crippen LogP contribution is 2.39. The van der Waals surface area contributed by atoms with Crippen molar-refractivity contribution in [2.75, 3.05) is 0 Å². The molecule has 134 valence electrons. The van der Waals surface area contributed by atoms with Crippen molar-refractivity contribution in [2.24, 2.45) is 0 Å². The topological polar surface area (TPSA) is 39.9 Å². The molecule has 4 rings (SSSR count). The molecular weight excluding hydrogens is 366 g/mol. The second kappa shape index (κ2) is 7.72. The van der Waals surface area contributed by atoms with Gasteiger partial charge in [0, 0.05) is 11.8 Å². The Morgan fingerprint density at radius 2 is 2.00 bits per heavy atom. The summed E-state index contributed by atoms with van der Waals surface area (Å²) in [4.78, 5) is 0. The predicted octanol–water partition coefficient (Wildman–Crippen LogP) is 5.45. The van der Waals surface area contributed by atoms with Crippen molar-refractivity contribution in [3.8, 4) is 5.75 Å². The van der Waals surface area contributed by atoms with Crippen molar-refractivity contribution < 1.29 is 4.74 Å². The van der Waals surface area contributed by atoms with Gasteiger partial charge in [0.05, 0.1) is 5.02 Å². The van der Waals surface area contributed by atoms with Crippen LogP contribution in [0.3, 0.4) is 0 Å². The highest BCUT2D eigenvalue weighted by atomic mass is 35.5. The van der Waals surface area contributed by atoms with Crippen LogP contribution in [0.1, 0.15) is 35.8 Å². The first-order valence-electron chi connectivity index (χ1n) is 8.70. The predicted molar refractivity (Wildman–Crippen MR) is 105 cm³/mol. The number of rotatable bonds is 7. The first-order valence-corrected chi connectivity index (χ1v) is 10.1. The average molecular weight is 386 g/mol. The van der Waals surface area contributed by atoms with Crippen molar-refractivity contribution in [3.05, 3.63) is 70.5 Å². The Kier molecular flexibility index (Phi) is 5.18. The summed E-state index contributed by atoms with van der Waals surface area (Å²) in [5, 5.41) is 10.4. The van der Waals surface area contributed by atoms with Gasteiger partial charge in [-0.15, -0.1) is 10.2 Å². The van der Waals surface area contributed by atoms with Crippen LogP contribution in [0.25, 0.3) is 0 Å². The number of hydrogen-bond donors (Lipinski definition) is 0. The fourth-order valence-electron chi connectivity index (χ4n) is 2.86. The van der Waals surface area contributed by atoms with Crippen molar-refractivity contribution in [1.82, 2.24) is 14.8 Å². The van der Waals surface area contributed by atoms with Crippen molar-refractivity contribution >= 4 is 23.4 Å². The summed E-state index contributed by atoms with van der Waals surface area (Å²) in [6.45, 7) is 2.49. The maximum atomic E-state index is 6.17. The van der Waals surface area contributed by atoms with Crippen LogP contribution in [-0.4, -0.2) is 14.8 Å². The van der Waals surface area contributed by atoms with E-state index in [0.29, 0.717) is 23.4 Å². The average Bonchev–Trinajstić information content (AvgIpc) is 3.40. The van der Waals surface area contributed by atoms with Gasteiger partial charge in [0.25, 0.3) is 0 Å². The molecule has 26 heavy (non-hydrogen) atoms. The van der Waals surface area contributed by atoms with E-state index >= 15 is 0 Å². The summed E-state index contributed by atoms with van der Waals surface area (Å²) in [7, 11) is 0. The van der Waals surface area contributed by atoms with Gasteiger partial charge >= 0.3 is 0 Å². The molecular formula is C20H20ClN3OS. The van der Waals surface area contributed by atoms with E-state index in [2.05, 4.69) is 46.0 Å². The SMILES string of the molecule is Cc1cccc(CSc2nnc(COc3ccccc3Cl)n2C2CC2)c1. The molecule has 0 unspecified atom stereocenters. The van der Waals surface area contributed by atoms with Crippen LogP contribution in [-0.2, 0) is 12.4 Å². The Balaban J connectivity index is 1.47. The van der Waals surface area contributed by atoms with Gasteiger partial charge in [0.1, 0.15) is 12.4 Å². The second-order valence-electron chi connectivity index (χ2n) is 6.50. The number of benzene rings is 2. The number of ether oxygens (including phenoxy) is 1. The number of thioether (sulfide) groups is 1. The van der Waals surface area contributed by atoms with E-state index in [0.717, 1.165) is 16.7 Å². The minimum absolute atomic E-state index is 0.373. The van der Waals surface area contributed by atoms with E-state index in [9.17, 15) is 0 Å². The Bertz CT molecular complexity index is 908. The summed E-state index contributed by atoms with van der Waals surface area (Å²) >= 11 is 7.90. The van der Waals surface area contributed by atoms with Crippen LogP contribution in [0.4, 0.5) is 0 Å². The van der Waals surface area contributed by atoms with Gasteiger partial charge < -0.3 is 4.74 Å². The summed E-state index contributed by atoms with van der Waals surface area (Å²) in [5.74, 6) is 2.42. The summed E-state index contributed by atoms with van der Waals surface area (Å²) in [5.41, 5.74) is 2.58. The summed E-state index contributed by atoms with van der Waals surface area (Å²) in [6, 6.07) is 16.6. The Hall–Kier alpha value is -1.98. The lowest BCUT2D eigenvalue weighted by Gasteiger charge is -2.11. The molecule has 3 aromatic rings. The normalized spacial score (nSPS) is 13.8. The monoisotopic (exact) mass is 385 g/mol. The standard InChI is InChI=1S/C20H20ClN3OS/c1-14-5-4-6-15(11-14)13-26-20-23-22-19(24(20)16-9-10-16)12-25-18-8-3-2-7-17(18)21/h2-8,11,16H,9-10,12-13H2,1H3. The Morgan fingerprint density at radius 3 is 2.77 bits per heavy atom. The van der Waals surface area contributed by atoms with Gasteiger partial charge in [-0.1, -0.05) is 65.3 Å². The fourth-order valence-corrected chi connectivity index (χ4v) is 4.02. The molecule has 1 saturated carbocycles. The lowest BCUT2D eigenvalue weighted by molar-refractivity contribution is 0.288. The molecule has 0 saturated heterocycles. The van der Waals surface area contributed by atoms with Crippen molar-refractivity contribution in [1.29, 1.82) is 0 Å². The first-order chi connectivity index (χ1) is 12.7. The first kappa shape index (κ1) is 17.4. The molecule has 6 heteroatoms. The van der Waals surface area contributed by atoms with Gasteiger partial charge in [-0.3, -0.25) is 4.57 Å². The Morgan fingerprint density at radius 1 is 1.15 bits per heavy atom. The minimum Gasteiger partial charge on any atom is -0.484 e. The van der Waals surface area contributed by atoms with Crippen molar-refractivity contribution in [3.63, 3.8) is 0 Å². The zero-order chi connectivity index (χ0) is 17.9. The van der Waals surface area contributed by atoms with Gasteiger partial charge in [-0.2, -0.15) is 0 Å². The zero-order valence-corrected chi connectivity index (χ0v) is 16.1. The molecule has 2 aromatic carbocycles. The third kappa shape index (κ3) is 4.05. The number of hydrogen-bond acceptors (Lipinski definition) is 4. The van der Waals surface area contributed by atoms with Crippen molar-refractivity contribution in [2.45, 2.75) is 43.3 Å². The lowest BCUT2D eigenvalue weighted by atomic mass is 10.2. The third-order valence-corrected chi connectivity index (χ3v) is 5.62. The van der Waals surface area contributed by atoms with E-state index in [1.807, 2.05) is 24.3 Å². The summed E-state index contributed by atoms with van der Waals surface area (Å²) in [6.07, 6.45) is 2.35. The summed E-state index contributed by atoms with van der Waals surface area (Å²) < 4.78 is 8.10. The fraction of sp³-hybridized carbons (Fsp3) is 0.300. The molecule has 0 N–H and O–H groups in total. The zero-order valence-electron chi connectivity index (χ0n) is 14.6. The molecule has 0 atom stereocenters. The maximum absolute atomic E-state index is 6.17. The molecule has 0 aliphatic heterocycles. The minimum atomic E-state index is 0.373. The van der Waals surface area contributed by atoms with E-state index in [4.69, 9.17) is 16.3 Å². The highest BCUT2D eigenvalue weighted by molar-refractivity contribution is 7.98. The molecule has 0 radical (unpaired) electrons. The van der Waals surface area contributed by atoms with Crippen LogP contribution in [0.15, 0.2) is 53.7 Å². The molecule has 1 aromatic heterocycles. The van der Waals surface area contributed by atoms with E-state index < -0.39 is 0 Å². The second-order valence-corrected chi connectivity index (χ2v) is 7.85. The lowest BCUT2D eigenvalue weighted by Crippen LogP contribution is -2.07. The van der Waals surface area contributed by atoms with E-state index in [1.165, 1.54) is 24.0 Å². The van der Waals surface area contributed by atoms with E-state index in [-0.39, 0.29) is 0 Å².